The van der Waals surface area contributed by atoms with Crippen LogP contribution in [0.25, 0.3) is 22.3 Å². The van der Waals surface area contributed by atoms with E-state index in [1.165, 1.54) is 0 Å². The van der Waals surface area contributed by atoms with Crippen molar-refractivity contribution in [3.8, 4) is 22.9 Å². The Bertz CT molecular complexity index is 1260. The lowest BCUT2D eigenvalue weighted by molar-refractivity contribution is 0.386. The summed E-state index contributed by atoms with van der Waals surface area (Å²) < 4.78 is 18.5. The van der Waals surface area contributed by atoms with E-state index in [1.807, 2.05) is 35.0 Å². The molecule has 166 valence electrons. The van der Waals surface area contributed by atoms with Gasteiger partial charge in [0.05, 0.1) is 25.1 Å². The summed E-state index contributed by atoms with van der Waals surface area (Å²) in [4.78, 5) is 4.64. The Morgan fingerprint density at radius 2 is 2.00 bits per heavy atom. The minimum atomic E-state index is 0.193. The van der Waals surface area contributed by atoms with Gasteiger partial charge in [-0.25, -0.2) is 4.98 Å². The summed E-state index contributed by atoms with van der Waals surface area (Å²) in [6.07, 6.45) is 4.13. The molecule has 0 amide bonds. The molecular formula is C24H27N5O3. The molecule has 3 heterocycles. The van der Waals surface area contributed by atoms with Gasteiger partial charge in [0, 0.05) is 42.4 Å². The molecule has 1 saturated carbocycles. The SMILES string of the molecule is COc1ccc(CNc2nccc3c2c(-c2cc(C4CC4)on2)nn3C(C)C)c(OC)c1. The number of anilines is 1. The predicted molar refractivity (Wildman–Crippen MR) is 122 cm³/mol. The number of methoxy groups -OCH3 is 2. The Morgan fingerprint density at radius 3 is 2.72 bits per heavy atom. The molecule has 0 bridgehead atoms. The summed E-state index contributed by atoms with van der Waals surface area (Å²) in [7, 11) is 3.30. The van der Waals surface area contributed by atoms with Gasteiger partial charge in [0.1, 0.15) is 34.5 Å². The summed E-state index contributed by atoms with van der Waals surface area (Å²) in [5.41, 5.74) is 3.53. The first-order valence-electron chi connectivity index (χ1n) is 10.9. The van der Waals surface area contributed by atoms with Crippen molar-refractivity contribution in [3.05, 3.63) is 47.9 Å². The molecular weight excluding hydrogens is 406 g/mol. The van der Waals surface area contributed by atoms with E-state index in [0.29, 0.717) is 12.5 Å². The standard InChI is InChI=1S/C24H27N5O3/c1-14(2)29-19-9-10-25-24(26-13-16-7-8-17(30-3)11-20(16)31-4)22(19)23(27-29)18-12-21(32-28-18)15-5-6-15/h7-12,14-15H,5-6,13H2,1-4H3,(H,25,26). The van der Waals surface area contributed by atoms with Gasteiger partial charge < -0.3 is 19.3 Å². The summed E-state index contributed by atoms with van der Waals surface area (Å²) in [6.45, 7) is 4.77. The zero-order valence-electron chi connectivity index (χ0n) is 18.8. The van der Waals surface area contributed by atoms with Gasteiger partial charge >= 0.3 is 0 Å². The van der Waals surface area contributed by atoms with E-state index in [0.717, 1.165) is 63.8 Å². The number of hydrogen-bond acceptors (Lipinski definition) is 7. The number of aromatic nitrogens is 4. The Balaban J connectivity index is 1.54. The van der Waals surface area contributed by atoms with E-state index < -0.39 is 0 Å². The Kier molecular flexibility index (Phi) is 5.20. The number of fused-ring (bicyclic) bond motifs is 1. The molecule has 0 saturated heterocycles. The minimum absolute atomic E-state index is 0.193. The normalized spacial score (nSPS) is 13.7. The largest absolute Gasteiger partial charge is 0.497 e. The molecule has 1 aliphatic rings. The van der Waals surface area contributed by atoms with Crippen LogP contribution in [0.5, 0.6) is 11.5 Å². The number of rotatable bonds is 8. The van der Waals surface area contributed by atoms with Gasteiger partial charge in [-0.2, -0.15) is 5.10 Å². The van der Waals surface area contributed by atoms with E-state index in [9.17, 15) is 0 Å². The van der Waals surface area contributed by atoms with Crippen molar-refractivity contribution in [1.82, 2.24) is 19.9 Å². The molecule has 5 rings (SSSR count). The van der Waals surface area contributed by atoms with Crippen LogP contribution in [0.4, 0.5) is 5.82 Å². The quantitative estimate of drug-likeness (QED) is 0.410. The van der Waals surface area contributed by atoms with Crippen LogP contribution in [0, 0.1) is 0 Å². The molecule has 1 fully saturated rings. The molecule has 1 N–H and O–H groups in total. The molecule has 1 aliphatic carbocycles. The number of benzene rings is 1. The van der Waals surface area contributed by atoms with Gasteiger partial charge in [-0.1, -0.05) is 5.16 Å². The molecule has 0 aliphatic heterocycles. The highest BCUT2D eigenvalue weighted by atomic mass is 16.5. The van der Waals surface area contributed by atoms with Crippen LogP contribution in [-0.4, -0.2) is 34.1 Å². The fraction of sp³-hybridized carbons (Fsp3) is 0.375. The molecule has 4 aromatic rings. The smallest absolute Gasteiger partial charge is 0.140 e. The zero-order valence-corrected chi connectivity index (χ0v) is 18.8. The van der Waals surface area contributed by atoms with Gasteiger partial charge in [0.2, 0.25) is 0 Å². The summed E-state index contributed by atoms with van der Waals surface area (Å²) in [6, 6.07) is 9.99. The molecule has 0 unspecified atom stereocenters. The van der Waals surface area contributed by atoms with E-state index in [2.05, 4.69) is 29.3 Å². The molecule has 0 radical (unpaired) electrons. The monoisotopic (exact) mass is 433 g/mol. The maximum absolute atomic E-state index is 5.61. The van der Waals surface area contributed by atoms with Gasteiger partial charge in [-0.05, 0) is 44.9 Å². The second-order valence-corrected chi connectivity index (χ2v) is 8.36. The first kappa shape index (κ1) is 20.4. The molecule has 0 spiro atoms. The molecule has 32 heavy (non-hydrogen) atoms. The fourth-order valence-electron chi connectivity index (χ4n) is 3.93. The van der Waals surface area contributed by atoms with Crippen LogP contribution >= 0.6 is 0 Å². The molecule has 8 nitrogen and oxygen atoms in total. The Morgan fingerprint density at radius 1 is 1.16 bits per heavy atom. The van der Waals surface area contributed by atoms with Crippen LogP contribution in [0.15, 0.2) is 41.1 Å². The zero-order chi connectivity index (χ0) is 22.2. The van der Waals surface area contributed by atoms with Crippen LogP contribution < -0.4 is 14.8 Å². The topological polar surface area (TPSA) is 87.2 Å². The van der Waals surface area contributed by atoms with Crippen molar-refractivity contribution < 1.29 is 14.0 Å². The van der Waals surface area contributed by atoms with Gasteiger partial charge in [0.15, 0.2) is 0 Å². The molecule has 0 atom stereocenters. The molecule has 8 heteroatoms. The van der Waals surface area contributed by atoms with Crippen LogP contribution in [0.1, 0.15) is 50.0 Å². The number of pyridine rings is 1. The van der Waals surface area contributed by atoms with Crippen molar-refractivity contribution in [2.45, 2.75) is 45.2 Å². The van der Waals surface area contributed by atoms with Crippen molar-refractivity contribution in [1.29, 1.82) is 0 Å². The average Bonchev–Trinajstić information content (AvgIpc) is 3.40. The molecule has 3 aromatic heterocycles. The van der Waals surface area contributed by atoms with Crippen molar-refractivity contribution in [3.63, 3.8) is 0 Å². The van der Waals surface area contributed by atoms with Gasteiger partial charge in [-0.3, -0.25) is 4.68 Å². The third-order valence-corrected chi connectivity index (χ3v) is 5.80. The second-order valence-electron chi connectivity index (χ2n) is 8.36. The highest BCUT2D eigenvalue weighted by Gasteiger charge is 2.29. The highest BCUT2D eigenvalue weighted by Crippen LogP contribution is 2.42. The Hall–Kier alpha value is -3.55. The van der Waals surface area contributed by atoms with Crippen LogP contribution in [0.2, 0.25) is 0 Å². The highest BCUT2D eigenvalue weighted by molar-refractivity contribution is 6.00. The number of hydrogen-bond donors (Lipinski definition) is 1. The van der Waals surface area contributed by atoms with Gasteiger partial charge in [0.25, 0.3) is 0 Å². The van der Waals surface area contributed by atoms with Crippen LogP contribution in [0.3, 0.4) is 0 Å². The maximum Gasteiger partial charge on any atom is 0.140 e. The summed E-state index contributed by atoms with van der Waals surface area (Å²) >= 11 is 0. The van der Waals surface area contributed by atoms with E-state index >= 15 is 0 Å². The minimum Gasteiger partial charge on any atom is -0.497 e. The lowest BCUT2D eigenvalue weighted by atomic mass is 10.1. The van der Waals surface area contributed by atoms with E-state index in [1.54, 1.807) is 20.4 Å². The van der Waals surface area contributed by atoms with Gasteiger partial charge in [-0.15, -0.1) is 0 Å². The predicted octanol–water partition coefficient (Wildman–Crippen LogP) is 5.17. The fourth-order valence-corrected chi connectivity index (χ4v) is 3.93. The summed E-state index contributed by atoms with van der Waals surface area (Å²) in [5, 5.41) is 13.6. The second kappa shape index (κ2) is 8.18. The number of ether oxygens (including phenoxy) is 2. The van der Waals surface area contributed by atoms with Crippen LogP contribution in [-0.2, 0) is 6.54 Å². The average molecular weight is 434 g/mol. The maximum atomic E-state index is 5.61. The lowest BCUT2D eigenvalue weighted by Crippen LogP contribution is -2.05. The third kappa shape index (κ3) is 3.66. The van der Waals surface area contributed by atoms with Crippen molar-refractivity contribution in [2.24, 2.45) is 0 Å². The third-order valence-electron chi connectivity index (χ3n) is 5.80. The molecule has 1 aromatic carbocycles. The van der Waals surface area contributed by atoms with Crippen molar-refractivity contribution in [2.75, 3.05) is 19.5 Å². The van der Waals surface area contributed by atoms with E-state index in [4.69, 9.17) is 19.1 Å². The first-order chi connectivity index (χ1) is 15.6. The summed E-state index contributed by atoms with van der Waals surface area (Å²) in [5.74, 6) is 3.69. The van der Waals surface area contributed by atoms with E-state index in [-0.39, 0.29) is 6.04 Å². The number of nitrogens with one attached hydrogen (secondary N) is 1. The number of nitrogens with zero attached hydrogens (tertiary/aromatic N) is 4. The Labute approximate surface area is 186 Å². The first-order valence-corrected chi connectivity index (χ1v) is 10.9. The lowest BCUT2D eigenvalue weighted by Gasteiger charge is -2.12. The van der Waals surface area contributed by atoms with Crippen molar-refractivity contribution >= 4 is 16.7 Å².